The lowest BCUT2D eigenvalue weighted by Crippen LogP contribution is -2.57. The molecular formula is C17H23NO4. The quantitative estimate of drug-likeness (QED) is 0.875. The Morgan fingerprint density at radius 1 is 1.23 bits per heavy atom. The highest BCUT2D eigenvalue weighted by molar-refractivity contribution is 5.67. The summed E-state index contributed by atoms with van der Waals surface area (Å²) in [6.45, 7) is 1.52. The molecule has 120 valence electrons. The molecule has 4 rings (SSSR count). The minimum Gasteiger partial charge on any atom is -0.445 e. The standard InChI is InChI=1S/C17H23NO4/c19-12-16-6-8-17(9-7-16,22-13-16)11-18-15(20)21-10-14-4-2-1-3-5-14/h1-5,19H,6-13H2,(H,18,20). The largest absolute Gasteiger partial charge is 0.445 e. The van der Waals surface area contributed by atoms with Crippen molar-refractivity contribution < 1.29 is 19.4 Å². The zero-order chi connectivity index (χ0) is 15.5. The van der Waals surface area contributed by atoms with Crippen molar-refractivity contribution in [2.75, 3.05) is 19.8 Å². The Balaban J connectivity index is 1.44. The first kappa shape index (κ1) is 15.3. The molecule has 0 spiro atoms. The predicted molar refractivity (Wildman–Crippen MR) is 81.3 cm³/mol. The molecule has 0 unspecified atom stereocenters. The molecule has 3 aliphatic rings. The van der Waals surface area contributed by atoms with Gasteiger partial charge in [-0.2, -0.15) is 0 Å². The first-order valence-electron chi connectivity index (χ1n) is 7.85. The van der Waals surface area contributed by atoms with Gasteiger partial charge in [0.05, 0.1) is 18.8 Å². The van der Waals surface area contributed by atoms with Gasteiger partial charge in [-0.1, -0.05) is 30.3 Å². The van der Waals surface area contributed by atoms with Crippen molar-refractivity contribution >= 4 is 6.09 Å². The molecule has 1 aromatic rings. The highest BCUT2D eigenvalue weighted by Gasteiger charge is 2.49. The second-order valence-corrected chi connectivity index (χ2v) is 6.55. The van der Waals surface area contributed by atoms with Gasteiger partial charge in [-0.15, -0.1) is 0 Å². The third-order valence-corrected chi connectivity index (χ3v) is 5.01. The number of amides is 1. The first-order valence-corrected chi connectivity index (χ1v) is 7.85. The van der Waals surface area contributed by atoms with Gasteiger partial charge >= 0.3 is 6.09 Å². The normalized spacial score (nSPS) is 30.0. The Bertz CT molecular complexity index is 492. The number of alkyl carbamates (subject to hydrolysis) is 1. The van der Waals surface area contributed by atoms with Crippen molar-refractivity contribution in [3.8, 4) is 0 Å². The maximum atomic E-state index is 11.8. The minimum atomic E-state index is -0.411. The van der Waals surface area contributed by atoms with Crippen molar-refractivity contribution in [2.24, 2.45) is 5.41 Å². The number of rotatable bonds is 5. The lowest BCUT2D eigenvalue weighted by atomic mass is 9.66. The average Bonchev–Trinajstić information content (AvgIpc) is 2.61. The molecule has 2 N–H and O–H groups in total. The van der Waals surface area contributed by atoms with Crippen LogP contribution >= 0.6 is 0 Å². The third kappa shape index (κ3) is 3.25. The van der Waals surface area contributed by atoms with Gasteiger partial charge in [-0.05, 0) is 31.2 Å². The van der Waals surface area contributed by atoms with Crippen molar-refractivity contribution in [3.63, 3.8) is 0 Å². The summed E-state index contributed by atoms with van der Waals surface area (Å²) in [5.41, 5.74) is 0.647. The number of aliphatic hydroxyl groups excluding tert-OH is 1. The van der Waals surface area contributed by atoms with Crippen molar-refractivity contribution in [2.45, 2.75) is 37.9 Å². The Morgan fingerprint density at radius 2 is 1.95 bits per heavy atom. The Labute approximate surface area is 130 Å². The molecule has 5 nitrogen and oxygen atoms in total. The fraction of sp³-hybridized carbons (Fsp3) is 0.588. The highest BCUT2D eigenvalue weighted by Crippen LogP contribution is 2.48. The van der Waals surface area contributed by atoms with Crippen LogP contribution in [0.1, 0.15) is 31.2 Å². The van der Waals surface area contributed by atoms with Crippen LogP contribution in [0.5, 0.6) is 0 Å². The predicted octanol–water partition coefficient (Wildman–Crippen LogP) is 2.23. The van der Waals surface area contributed by atoms with E-state index in [1.165, 1.54) is 0 Å². The van der Waals surface area contributed by atoms with Gasteiger partial charge in [0, 0.05) is 12.0 Å². The van der Waals surface area contributed by atoms with Crippen molar-refractivity contribution in [3.05, 3.63) is 35.9 Å². The number of fused-ring (bicyclic) bond motifs is 3. The SMILES string of the molecule is O=C(NCC12CCC(CO)(CC1)CO2)OCc1ccccc1. The van der Waals surface area contributed by atoms with Crippen LogP contribution in [-0.4, -0.2) is 36.6 Å². The molecule has 5 heteroatoms. The number of benzene rings is 1. The van der Waals surface area contributed by atoms with Gasteiger partial charge in [0.15, 0.2) is 0 Å². The molecule has 0 atom stereocenters. The molecule has 0 radical (unpaired) electrons. The summed E-state index contributed by atoms with van der Waals surface area (Å²) in [6.07, 6.45) is 3.28. The van der Waals surface area contributed by atoms with Crippen LogP contribution in [0.4, 0.5) is 4.79 Å². The second kappa shape index (κ2) is 6.26. The molecule has 1 amide bonds. The van der Waals surface area contributed by atoms with Crippen molar-refractivity contribution in [1.29, 1.82) is 0 Å². The number of nitrogens with one attached hydrogen (secondary N) is 1. The molecule has 0 aromatic heterocycles. The van der Waals surface area contributed by atoms with E-state index < -0.39 is 6.09 Å². The van der Waals surface area contributed by atoms with Gasteiger partial charge in [0.1, 0.15) is 6.61 Å². The zero-order valence-electron chi connectivity index (χ0n) is 12.7. The van der Waals surface area contributed by atoms with E-state index in [9.17, 15) is 9.90 Å². The van der Waals surface area contributed by atoms with Gasteiger partial charge in [0.2, 0.25) is 0 Å². The molecule has 1 aromatic carbocycles. The summed E-state index contributed by atoms with van der Waals surface area (Å²) < 4.78 is 11.2. The van der Waals surface area contributed by atoms with Gasteiger partial charge in [-0.3, -0.25) is 0 Å². The maximum absolute atomic E-state index is 11.8. The smallest absolute Gasteiger partial charge is 0.407 e. The zero-order valence-corrected chi connectivity index (χ0v) is 12.7. The summed E-state index contributed by atoms with van der Waals surface area (Å²) in [4.78, 5) is 11.8. The van der Waals surface area contributed by atoms with E-state index in [2.05, 4.69) is 5.32 Å². The second-order valence-electron chi connectivity index (χ2n) is 6.55. The molecule has 2 aliphatic heterocycles. The molecule has 3 fully saturated rings. The fourth-order valence-electron chi connectivity index (χ4n) is 3.27. The van der Waals surface area contributed by atoms with E-state index in [1.54, 1.807) is 0 Å². The Hall–Kier alpha value is -1.59. The Morgan fingerprint density at radius 3 is 2.55 bits per heavy atom. The molecule has 2 saturated heterocycles. The topological polar surface area (TPSA) is 67.8 Å². The van der Waals surface area contributed by atoms with Crippen LogP contribution in [0, 0.1) is 5.41 Å². The number of hydrogen-bond donors (Lipinski definition) is 2. The minimum absolute atomic E-state index is 0.0461. The average molecular weight is 305 g/mol. The number of hydrogen-bond acceptors (Lipinski definition) is 4. The molecule has 1 saturated carbocycles. The Kier molecular flexibility index (Phi) is 4.36. The lowest BCUT2D eigenvalue weighted by Gasteiger charge is -2.52. The number of carbonyl (C=O) groups is 1. The molecule has 2 bridgehead atoms. The summed E-state index contributed by atoms with van der Waals surface area (Å²) in [5, 5.41) is 12.3. The van der Waals surface area contributed by atoms with Gasteiger partial charge < -0.3 is 19.9 Å². The highest BCUT2D eigenvalue weighted by atomic mass is 16.5. The molecule has 1 aliphatic carbocycles. The lowest BCUT2D eigenvalue weighted by molar-refractivity contribution is -0.190. The van der Waals surface area contributed by atoms with E-state index in [4.69, 9.17) is 9.47 Å². The van der Waals surface area contributed by atoms with Crippen LogP contribution in [0.2, 0.25) is 0 Å². The number of carbonyl (C=O) groups excluding carboxylic acids is 1. The summed E-state index contributed by atoms with van der Waals surface area (Å²) in [5.74, 6) is 0. The molecular weight excluding hydrogens is 282 g/mol. The third-order valence-electron chi connectivity index (χ3n) is 5.01. The van der Waals surface area contributed by atoms with E-state index in [0.29, 0.717) is 13.2 Å². The van der Waals surface area contributed by atoms with Crippen molar-refractivity contribution in [1.82, 2.24) is 5.32 Å². The van der Waals surface area contributed by atoms with Crippen LogP contribution in [-0.2, 0) is 16.1 Å². The van der Waals surface area contributed by atoms with Gasteiger partial charge in [-0.25, -0.2) is 4.79 Å². The first-order chi connectivity index (χ1) is 10.7. The van der Waals surface area contributed by atoms with E-state index in [0.717, 1.165) is 31.2 Å². The van der Waals surface area contributed by atoms with Crippen LogP contribution in [0.25, 0.3) is 0 Å². The fourth-order valence-corrected chi connectivity index (χ4v) is 3.27. The maximum Gasteiger partial charge on any atom is 0.407 e. The molecule has 2 heterocycles. The van der Waals surface area contributed by atoms with Crippen LogP contribution in [0.15, 0.2) is 30.3 Å². The molecule has 22 heavy (non-hydrogen) atoms. The van der Waals surface area contributed by atoms with E-state index in [1.807, 2.05) is 30.3 Å². The summed E-state index contributed by atoms with van der Waals surface area (Å²) >= 11 is 0. The van der Waals surface area contributed by atoms with Gasteiger partial charge in [0.25, 0.3) is 0 Å². The number of aliphatic hydroxyl groups is 1. The summed E-state index contributed by atoms with van der Waals surface area (Å²) in [6, 6.07) is 9.61. The van der Waals surface area contributed by atoms with E-state index >= 15 is 0 Å². The summed E-state index contributed by atoms with van der Waals surface area (Å²) in [7, 11) is 0. The van der Waals surface area contributed by atoms with Crippen LogP contribution < -0.4 is 5.32 Å². The number of ether oxygens (including phenoxy) is 2. The van der Waals surface area contributed by atoms with E-state index in [-0.39, 0.29) is 24.2 Å². The monoisotopic (exact) mass is 305 g/mol. The van der Waals surface area contributed by atoms with Crippen LogP contribution in [0.3, 0.4) is 0 Å².